The molecule has 1 aliphatic heterocycles. The fourth-order valence-corrected chi connectivity index (χ4v) is 2.70. The van der Waals surface area contributed by atoms with Crippen LogP contribution in [0.3, 0.4) is 0 Å². The van der Waals surface area contributed by atoms with Crippen LogP contribution in [-0.2, 0) is 9.53 Å². The van der Waals surface area contributed by atoms with Crippen LogP contribution in [0.1, 0.15) is 25.7 Å². The molecule has 0 aromatic carbocycles. The molecule has 4 heteroatoms. The number of hydrogen-bond acceptors (Lipinski definition) is 4. The Hall–Kier alpha value is -0.610. The Balaban J connectivity index is 2.45. The normalized spacial score (nSPS) is 20.5. The van der Waals surface area contributed by atoms with Crippen LogP contribution in [0.2, 0.25) is 0 Å². The van der Waals surface area contributed by atoms with Crippen molar-refractivity contribution >= 4 is 5.97 Å². The molecular weight excluding hydrogens is 216 g/mol. The Labute approximate surface area is 105 Å². The van der Waals surface area contributed by atoms with Crippen LogP contribution in [0.25, 0.3) is 0 Å². The molecular formula is C13H26N2O2. The topological polar surface area (TPSA) is 32.8 Å². The van der Waals surface area contributed by atoms with Gasteiger partial charge in [-0.3, -0.25) is 4.79 Å². The zero-order valence-corrected chi connectivity index (χ0v) is 11.6. The maximum absolute atomic E-state index is 11.2. The molecule has 0 aromatic heterocycles. The molecule has 1 fully saturated rings. The van der Waals surface area contributed by atoms with Crippen LogP contribution in [0.5, 0.6) is 0 Å². The van der Waals surface area contributed by atoms with E-state index in [2.05, 4.69) is 30.9 Å². The molecule has 0 saturated carbocycles. The molecule has 0 aromatic rings. The number of esters is 1. The van der Waals surface area contributed by atoms with E-state index in [1.165, 1.54) is 33.0 Å². The van der Waals surface area contributed by atoms with Crippen LogP contribution in [0.4, 0.5) is 0 Å². The first kappa shape index (κ1) is 14.5. The monoisotopic (exact) mass is 242 g/mol. The zero-order chi connectivity index (χ0) is 12.8. The van der Waals surface area contributed by atoms with Crippen LogP contribution >= 0.6 is 0 Å². The average molecular weight is 242 g/mol. The van der Waals surface area contributed by atoms with Gasteiger partial charge in [-0.1, -0.05) is 0 Å². The zero-order valence-electron chi connectivity index (χ0n) is 11.6. The van der Waals surface area contributed by atoms with E-state index >= 15 is 0 Å². The Morgan fingerprint density at radius 3 is 2.47 bits per heavy atom. The van der Waals surface area contributed by atoms with Crippen LogP contribution in [0.15, 0.2) is 0 Å². The highest BCUT2D eigenvalue weighted by Crippen LogP contribution is 2.25. The maximum Gasteiger partial charge on any atom is 0.305 e. The van der Waals surface area contributed by atoms with Crippen molar-refractivity contribution in [3.63, 3.8) is 0 Å². The highest BCUT2D eigenvalue weighted by Gasteiger charge is 2.27. The van der Waals surface area contributed by atoms with Gasteiger partial charge >= 0.3 is 5.97 Å². The lowest BCUT2D eigenvalue weighted by Gasteiger charge is -2.37. The van der Waals surface area contributed by atoms with Crippen LogP contribution in [0, 0.1) is 5.92 Å². The second-order valence-electron chi connectivity index (χ2n) is 5.29. The molecule has 1 saturated heterocycles. The third-order valence-corrected chi connectivity index (χ3v) is 3.84. The van der Waals surface area contributed by atoms with Gasteiger partial charge in [0.25, 0.3) is 0 Å². The Morgan fingerprint density at radius 1 is 1.41 bits per heavy atom. The summed E-state index contributed by atoms with van der Waals surface area (Å²) >= 11 is 0. The first-order chi connectivity index (χ1) is 8.04. The van der Waals surface area contributed by atoms with Crippen molar-refractivity contribution in [1.82, 2.24) is 9.80 Å². The highest BCUT2D eigenvalue weighted by molar-refractivity contribution is 5.69. The lowest BCUT2D eigenvalue weighted by Crippen LogP contribution is -2.42. The number of rotatable bonds is 5. The maximum atomic E-state index is 11.2. The Morgan fingerprint density at radius 2 is 2.00 bits per heavy atom. The van der Waals surface area contributed by atoms with E-state index < -0.39 is 0 Å². The standard InChI is InChI=1S/C13H26N2O2/c1-14(2)12(5-6-13(16)17-4)11-7-9-15(3)10-8-11/h11-12H,5-10H2,1-4H3. The molecule has 100 valence electrons. The van der Waals surface area contributed by atoms with Gasteiger partial charge in [-0.15, -0.1) is 0 Å². The molecule has 1 heterocycles. The number of ether oxygens (including phenoxy) is 1. The van der Waals surface area contributed by atoms with Crippen LogP contribution in [-0.4, -0.2) is 63.2 Å². The quantitative estimate of drug-likeness (QED) is 0.679. The SMILES string of the molecule is COC(=O)CCC(C1CCN(C)CC1)N(C)C. The molecule has 1 unspecified atom stereocenters. The van der Waals surface area contributed by atoms with Gasteiger partial charge < -0.3 is 14.5 Å². The van der Waals surface area contributed by atoms with Crippen molar-refractivity contribution in [2.45, 2.75) is 31.7 Å². The Kier molecular flexibility index (Phi) is 5.92. The smallest absolute Gasteiger partial charge is 0.305 e. The van der Waals surface area contributed by atoms with Crippen LogP contribution < -0.4 is 0 Å². The van der Waals surface area contributed by atoms with Crippen molar-refractivity contribution in [2.75, 3.05) is 41.3 Å². The second-order valence-corrected chi connectivity index (χ2v) is 5.29. The number of nitrogens with zero attached hydrogens (tertiary/aromatic N) is 2. The molecule has 0 spiro atoms. The van der Waals surface area contributed by atoms with Gasteiger partial charge in [-0.05, 0) is 59.4 Å². The van der Waals surface area contributed by atoms with Gasteiger partial charge in [0.1, 0.15) is 0 Å². The summed E-state index contributed by atoms with van der Waals surface area (Å²) in [6, 6.07) is 0.503. The summed E-state index contributed by atoms with van der Waals surface area (Å²) in [5.41, 5.74) is 0. The van der Waals surface area contributed by atoms with E-state index in [0.717, 1.165) is 6.42 Å². The molecule has 17 heavy (non-hydrogen) atoms. The van der Waals surface area contributed by atoms with Crippen molar-refractivity contribution in [2.24, 2.45) is 5.92 Å². The predicted octanol–water partition coefficient (Wildman–Crippen LogP) is 1.21. The lowest BCUT2D eigenvalue weighted by molar-refractivity contribution is -0.141. The molecule has 0 aliphatic carbocycles. The third-order valence-electron chi connectivity index (χ3n) is 3.84. The summed E-state index contributed by atoms with van der Waals surface area (Å²) in [5, 5.41) is 0. The molecule has 1 rings (SSSR count). The number of carbonyl (C=O) groups is 1. The van der Waals surface area contributed by atoms with E-state index in [9.17, 15) is 4.79 Å². The summed E-state index contributed by atoms with van der Waals surface area (Å²) in [6.07, 6.45) is 3.92. The average Bonchev–Trinajstić information content (AvgIpc) is 2.31. The summed E-state index contributed by atoms with van der Waals surface area (Å²) in [5.74, 6) is 0.621. The van der Waals surface area contributed by atoms with Crippen molar-refractivity contribution in [1.29, 1.82) is 0 Å². The van der Waals surface area contributed by atoms with Gasteiger partial charge in [-0.2, -0.15) is 0 Å². The summed E-state index contributed by atoms with van der Waals surface area (Å²) < 4.78 is 4.72. The van der Waals surface area contributed by atoms with Crippen molar-refractivity contribution < 1.29 is 9.53 Å². The molecule has 0 amide bonds. The second kappa shape index (κ2) is 6.97. The molecule has 1 aliphatic rings. The van der Waals surface area contributed by atoms with E-state index in [4.69, 9.17) is 4.74 Å². The predicted molar refractivity (Wildman–Crippen MR) is 68.9 cm³/mol. The number of carbonyl (C=O) groups excluding carboxylic acids is 1. The fourth-order valence-electron chi connectivity index (χ4n) is 2.70. The first-order valence-electron chi connectivity index (χ1n) is 6.46. The molecule has 1 atom stereocenters. The van der Waals surface area contributed by atoms with Gasteiger partial charge in [-0.25, -0.2) is 0 Å². The summed E-state index contributed by atoms with van der Waals surface area (Å²) in [6.45, 7) is 2.35. The first-order valence-corrected chi connectivity index (χ1v) is 6.46. The minimum absolute atomic E-state index is 0.0928. The van der Waals surface area contributed by atoms with Gasteiger partial charge in [0.05, 0.1) is 7.11 Å². The number of piperidine rings is 1. The van der Waals surface area contributed by atoms with Crippen molar-refractivity contribution in [3.05, 3.63) is 0 Å². The third kappa shape index (κ3) is 4.64. The fraction of sp³-hybridized carbons (Fsp3) is 0.923. The van der Waals surface area contributed by atoms with E-state index in [-0.39, 0.29) is 5.97 Å². The highest BCUT2D eigenvalue weighted by atomic mass is 16.5. The summed E-state index contributed by atoms with van der Waals surface area (Å²) in [7, 11) is 7.86. The minimum Gasteiger partial charge on any atom is -0.469 e. The van der Waals surface area contributed by atoms with E-state index in [1.807, 2.05) is 0 Å². The molecule has 0 radical (unpaired) electrons. The van der Waals surface area contributed by atoms with E-state index in [0.29, 0.717) is 18.4 Å². The molecule has 0 N–H and O–H groups in total. The molecule has 4 nitrogen and oxygen atoms in total. The van der Waals surface area contributed by atoms with Gasteiger partial charge in [0.15, 0.2) is 0 Å². The Bertz CT molecular complexity index is 236. The largest absolute Gasteiger partial charge is 0.469 e. The summed E-state index contributed by atoms with van der Waals surface area (Å²) in [4.78, 5) is 15.9. The lowest BCUT2D eigenvalue weighted by atomic mass is 9.86. The van der Waals surface area contributed by atoms with Crippen molar-refractivity contribution in [3.8, 4) is 0 Å². The van der Waals surface area contributed by atoms with Gasteiger partial charge in [0, 0.05) is 12.5 Å². The number of hydrogen-bond donors (Lipinski definition) is 0. The molecule has 0 bridgehead atoms. The van der Waals surface area contributed by atoms with E-state index in [1.54, 1.807) is 0 Å². The minimum atomic E-state index is -0.0928. The number of likely N-dealkylation sites (tertiary alicyclic amines) is 1. The number of methoxy groups -OCH3 is 1. The van der Waals surface area contributed by atoms with Gasteiger partial charge in [0.2, 0.25) is 0 Å².